The van der Waals surface area contributed by atoms with Crippen LogP contribution in [0, 0.1) is 12.3 Å². The number of rotatable bonds is 14. The van der Waals surface area contributed by atoms with Crippen LogP contribution in [0.4, 0.5) is 0 Å². The van der Waals surface area contributed by atoms with Gasteiger partial charge in [-0.1, -0.05) is 67.6 Å². The lowest BCUT2D eigenvalue weighted by atomic mass is 9.85. The van der Waals surface area contributed by atoms with Crippen LogP contribution in [-0.2, 0) is 25.6 Å². The number of alkyl halides is 1. The van der Waals surface area contributed by atoms with E-state index >= 15 is 0 Å². The summed E-state index contributed by atoms with van der Waals surface area (Å²) in [6.45, 7) is 11.1. The van der Waals surface area contributed by atoms with E-state index < -0.39 is 23.6 Å². The quantitative estimate of drug-likeness (QED) is 0.161. The summed E-state index contributed by atoms with van der Waals surface area (Å²) in [5.41, 5.74) is 4.49. The molecule has 0 radical (unpaired) electrons. The predicted molar refractivity (Wildman–Crippen MR) is 162 cm³/mol. The van der Waals surface area contributed by atoms with Crippen LogP contribution < -0.4 is 10.6 Å². The van der Waals surface area contributed by atoms with Crippen molar-refractivity contribution in [1.29, 1.82) is 0 Å². The monoisotopic (exact) mass is 672 g/mol. The highest BCUT2D eigenvalue weighted by molar-refractivity contribution is 14.1. The van der Waals surface area contributed by atoms with Gasteiger partial charge in [-0.25, -0.2) is 4.98 Å². The number of benzene rings is 1. The number of nitrogens with zero attached hydrogens (tertiary/aromatic N) is 2. The highest BCUT2D eigenvalue weighted by Crippen LogP contribution is 2.28. The number of likely N-dealkylation sites (tertiary alicyclic amines) is 1. The maximum absolute atomic E-state index is 13.6. The molecule has 39 heavy (non-hydrogen) atoms. The molecule has 1 fully saturated rings. The maximum Gasteiger partial charge on any atom is 0.243 e. The van der Waals surface area contributed by atoms with Crippen LogP contribution in [0.5, 0.6) is 0 Å². The second-order valence-corrected chi connectivity index (χ2v) is 12.7. The molecule has 0 saturated carbocycles. The molecule has 11 heteroatoms. The standard InChI is InChI=1S/C28H41IN4O5S/c1-19-24(39-18-32-19)21-7-5-20(6-8-21)16-31-26(35)23-15-22(34)17-33(23)27(36)25(28(2,3)4)30-10-12-38-14-13-37-11-9-29/h5-8,18,22-23,25,30,34H,9-17H2,1-4H3,(H,31,35)/t22-,23+,25-/m1/s1. The van der Waals surface area contributed by atoms with Crippen LogP contribution in [0.3, 0.4) is 0 Å². The van der Waals surface area contributed by atoms with Crippen molar-refractivity contribution in [3.05, 3.63) is 41.0 Å². The van der Waals surface area contributed by atoms with Crippen LogP contribution in [0.1, 0.15) is 38.4 Å². The van der Waals surface area contributed by atoms with Gasteiger partial charge >= 0.3 is 0 Å². The summed E-state index contributed by atoms with van der Waals surface area (Å²) in [6, 6.07) is 6.78. The minimum atomic E-state index is -0.738. The van der Waals surface area contributed by atoms with Gasteiger partial charge in [-0.05, 0) is 23.5 Å². The molecule has 1 saturated heterocycles. The van der Waals surface area contributed by atoms with E-state index in [1.54, 1.807) is 11.3 Å². The second-order valence-electron chi connectivity index (χ2n) is 10.7. The molecule has 1 aromatic heterocycles. The molecule has 3 N–H and O–H groups in total. The van der Waals surface area contributed by atoms with Gasteiger partial charge in [-0.2, -0.15) is 0 Å². The van der Waals surface area contributed by atoms with Gasteiger partial charge in [-0.3, -0.25) is 9.59 Å². The number of hydrogen-bond acceptors (Lipinski definition) is 8. The number of amides is 2. The van der Waals surface area contributed by atoms with Gasteiger partial charge in [-0.15, -0.1) is 11.3 Å². The Balaban J connectivity index is 1.55. The third-order valence-corrected chi connectivity index (χ3v) is 8.01. The summed E-state index contributed by atoms with van der Waals surface area (Å²) in [7, 11) is 0. The molecular weight excluding hydrogens is 631 g/mol. The number of β-amino-alcohol motifs (C(OH)–C–C–N with tert-alkyl or cyclic N) is 1. The van der Waals surface area contributed by atoms with Crippen molar-refractivity contribution in [2.45, 2.75) is 58.8 Å². The summed E-state index contributed by atoms with van der Waals surface area (Å²) >= 11 is 3.86. The van der Waals surface area contributed by atoms with E-state index in [0.29, 0.717) is 39.5 Å². The van der Waals surface area contributed by atoms with Crippen molar-refractivity contribution in [3.8, 4) is 10.4 Å². The first-order chi connectivity index (χ1) is 18.6. The average Bonchev–Trinajstić information content (AvgIpc) is 3.51. The van der Waals surface area contributed by atoms with E-state index in [0.717, 1.165) is 26.1 Å². The van der Waals surface area contributed by atoms with Gasteiger partial charge in [0, 0.05) is 30.5 Å². The topological polar surface area (TPSA) is 113 Å². The number of aryl methyl sites for hydroxylation is 1. The number of thiazole rings is 1. The third kappa shape index (κ3) is 9.46. The summed E-state index contributed by atoms with van der Waals surface area (Å²) in [5, 5.41) is 16.7. The molecule has 0 aliphatic carbocycles. The van der Waals surface area contributed by atoms with Gasteiger partial charge in [0.1, 0.15) is 6.04 Å². The van der Waals surface area contributed by atoms with E-state index in [2.05, 4.69) is 38.2 Å². The first-order valence-electron chi connectivity index (χ1n) is 13.3. The maximum atomic E-state index is 13.6. The molecule has 1 aromatic carbocycles. The number of hydrogen-bond donors (Lipinski definition) is 3. The van der Waals surface area contributed by atoms with Crippen LogP contribution in [0.25, 0.3) is 10.4 Å². The number of ether oxygens (including phenoxy) is 2. The summed E-state index contributed by atoms with van der Waals surface area (Å²) in [6.07, 6.45) is -0.517. The van der Waals surface area contributed by atoms with Crippen LogP contribution in [0.15, 0.2) is 29.8 Å². The van der Waals surface area contributed by atoms with E-state index in [4.69, 9.17) is 9.47 Å². The Hall–Kier alpha value is -1.64. The van der Waals surface area contributed by atoms with Crippen LogP contribution in [-0.4, -0.2) is 88.9 Å². The second kappa shape index (κ2) is 15.4. The summed E-state index contributed by atoms with van der Waals surface area (Å²) < 4.78 is 12.0. The smallest absolute Gasteiger partial charge is 0.243 e. The molecule has 9 nitrogen and oxygen atoms in total. The number of halogens is 1. The third-order valence-electron chi connectivity index (χ3n) is 6.59. The molecule has 3 rings (SSSR count). The predicted octanol–water partition coefficient (Wildman–Crippen LogP) is 3.17. The van der Waals surface area contributed by atoms with Crippen LogP contribution in [0.2, 0.25) is 0 Å². The summed E-state index contributed by atoms with van der Waals surface area (Å²) in [4.78, 5) is 33.8. The molecule has 216 valence electrons. The van der Waals surface area contributed by atoms with Crippen molar-refractivity contribution >= 4 is 45.7 Å². The van der Waals surface area contributed by atoms with Crippen molar-refractivity contribution in [2.75, 3.05) is 43.9 Å². The Morgan fingerprint density at radius 2 is 1.87 bits per heavy atom. The highest BCUT2D eigenvalue weighted by Gasteiger charge is 2.43. The van der Waals surface area contributed by atoms with E-state index in [1.165, 1.54) is 4.90 Å². The lowest BCUT2D eigenvalue weighted by Crippen LogP contribution is -2.57. The van der Waals surface area contributed by atoms with Gasteiger partial charge in [0.25, 0.3) is 0 Å². The van der Waals surface area contributed by atoms with E-state index in [9.17, 15) is 14.7 Å². The van der Waals surface area contributed by atoms with Crippen molar-refractivity contribution < 1.29 is 24.2 Å². The Morgan fingerprint density at radius 1 is 1.18 bits per heavy atom. The lowest BCUT2D eigenvalue weighted by molar-refractivity contribution is -0.142. The molecule has 3 atom stereocenters. The fraction of sp³-hybridized carbons (Fsp3) is 0.607. The number of aliphatic hydroxyl groups excluding tert-OH is 1. The molecule has 1 aliphatic heterocycles. The molecule has 0 unspecified atom stereocenters. The normalized spacial score (nSPS) is 18.4. The number of carbonyl (C=O) groups is 2. The molecule has 2 amide bonds. The first-order valence-corrected chi connectivity index (χ1v) is 15.7. The molecule has 2 heterocycles. The SMILES string of the molecule is Cc1ncsc1-c1ccc(CNC(=O)[C@@H]2C[C@@H](O)CN2C(=O)[C@@H](NCCOCCOCCI)C(C)(C)C)cc1. The number of aromatic nitrogens is 1. The highest BCUT2D eigenvalue weighted by atomic mass is 127. The zero-order valence-corrected chi connectivity index (χ0v) is 26.2. The largest absolute Gasteiger partial charge is 0.391 e. The van der Waals surface area contributed by atoms with Gasteiger partial charge in [0.2, 0.25) is 11.8 Å². The Bertz CT molecular complexity index is 1060. The number of nitrogens with one attached hydrogen (secondary N) is 2. The van der Waals surface area contributed by atoms with Crippen molar-refractivity contribution in [1.82, 2.24) is 20.5 Å². The summed E-state index contributed by atoms with van der Waals surface area (Å²) in [5.74, 6) is -0.446. The molecule has 1 aliphatic rings. The Morgan fingerprint density at radius 3 is 2.49 bits per heavy atom. The minimum Gasteiger partial charge on any atom is -0.391 e. The fourth-order valence-corrected chi connectivity index (χ4v) is 5.67. The number of aliphatic hydroxyl groups is 1. The lowest BCUT2D eigenvalue weighted by Gasteiger charge is -2.35. The molecular formula is C28H41IN4O5S. The molecule has 0 spiro atoms. The Labute approximate surface area is 249 Å². The average molecular weight is 673 g/mol. The van der Waals surface area contributed by atoms with Crippen LogP contribution >= 0.6 is 33.9 Å². The molecule has 2 aromatic rings. The fourth-order valence-electron chi connectivity index (χ4n) is 4.55. The zero-order valence-electron chi connectivity index (χ0n) is 23.2. The zero-order chi connectivity index (χ0) is 28.4. The number of carbonyl (C=O) groups excluding carboxylic acids is 2. The minimum absolute atomic E-state index is 0.138. The van der Waals surface area contributed by atoms with Gasteiger partial charge in [0.15, 0.2) is 0 Å². The van der Waals surface area contributed by atoms with E-state index in [-0.39, 0.29) is 24.8 Å². The Kier molecular flexibility index (Phi) is 12.6. The van der Waals surface area contributed by atoms with Crippen molar-refractivity contribution in [3.63, 3.8) is 0 Å². The van der Waals surface area contributed by atoms with E-state index in [1.807, 2.05) is 57.5 Å². The van der Waals surface area contributed by atoms with Gasteiger partial charge in [0.05, 0.1) is 54.7 Å². The molecule has 0 bridgehead atoms. The van der Waals surface area contributed by atoms with Gasteiger partial charge < -0.3 is 30.1 Å². The first kappa shape index (κ1) is 31.9. The van der Waals surface area contributed by atoms with Crippen molar-refractivity contribution in [2.24, 2.45) is 5.41 Å².